The maximum Gasteiger partial charge on any atom is 0.293 e. The first-order valence-corrected chi connectivity index (χ1v) is 7.00. The lowest BCUT2D eigenvalue weighted by Crippen LogP contribution is -2.31. The summed E-state index contributed by atoms with van der Waals surface area (Å²) in [6.45, 7) is 4.25. The molecule has 0 spiro atoms. The molecule has 1 fully saturated rings. The second kappa shape index (κ2) is 5.07. The van der Waals surface area contributed by atoms with Crippen LogP contribution in [-0.2, 0) is 0 Å². The molecule has 0 aliphatic heterocycles. The van der Waals surface area contributed by atoms with Crippen molar-refractivity contribution < 1.29 is 9.31 Å². The molecule has 1 N–H and O–H groups in total. The molecule has 1 unspecified atom stereocenters. The van der Waals surface area contributed by atoms with E-state index in [4.69, 9.17) is 0 Å². The van der Waals surface area contributed by atoms with Gasteiger partial charge in [-0.25, -0.2) is 4.39 Å². The Morgan fingerprint density at radius 3 is 2.74 bits per heavy atom. The molecule has 0 bridgehead atoms. The summed E-state index contributed by atoms with van der Waals surface area (Å²) in [7, 11) is 0. The van der Waals surface area contributed by atoms with Crippen LogP contribution in [-0.4, -0.2) is 11.0 Å². The van der Waals surface area contributed by atoms with E-state index in [2.05, 4.69) is 35.1 Å². The van der Waals surface area contributed by atoms with Crippen molar-refractivity contribution in [2.45, 2.75) is 39.2 Å². The van der Waals surface area contributed by atoms with Crippen molar-refractivity contribution in [1.82, 2.24) is 0 Å². The van der Waals surface area contributed by atoms with E-state index in [1.54, 1.807) is 0 Å². The quantitative estimate of drug-likeness (QED) is 0.656. The highest BCUT2D eigenvalue weighted by atomic mass is 79.9. The van der Waals surface area contributed by atoms with Crippen molar-refractivity contribution in [1.29, 1.82) is 0 Å². The smallest absolute Gasteiger partial charge is 0.293 e. The van der Waals surface area contributed by atoms with Gasteiger partial charge in [-0.1, -0.05) is 20.3 Å². The Morgan fingerprint density at radius 2 is 2.21 bits per heavy atom. The topological polar surface area (TPSA) is 55.2 Å². The largest absolute Gasteiger partial charge is 0.376 e. The predicted molar refractivity (Wildman–Crippen MR) is 75.8 cm³/mol. The molecular weight excluding hydrogens is 315 g/mol. The van der Waals surface area contributed by atoms with Crippen LogP contribution >= 0.6 is 15.9 Å². The normalized spacial score (nSPS) is 21.4. The maximum absolute atomic E-state index is 13.6. The third-order valence-corrected chi connectivity index (χ3v) is 4.43. The van der Waals surface area contributed by atoms with Gasteiger partial charge in [0.1, 0.15) is 11.5 Å². The van der Waals surface area contributed by atoms with Crippen LogP contribution in [0.15, 0.2) is 16.6 Å². The Bertz CT molecular complexity index is 520. The van der Waals surface area contributed by atoms with Crippen molar-refractivity contribution in [2.24, 2.45) is 5.41 Å². The Balaban J connectivity index is 2.34. The fourth-order valence-corrected chi connectivity index (χ4v) is 2.92. The van der Waals surface area contributed by atoms with Crippen LogP contribution in [0.2, 0.25) is 0 Å². The lowest BCUT2D eigenvalue weighted by Gasteiger charge is -2.28. The van der Waals surface area contributed by atoms with Gasteiger partial charge >= 0.3 is 0 Å². The summed E-state index contributed by atoms with van der Waals surface area (Å²) in [4.78, 5) is 10.6. The monoisotopic (exact) mass is 330 g/mol. The van der Waals surface area contributed by atoms with Gasteiger partial charge in [0.05, 0.1) is 9.40 Å². The number of hydrogen-bond acceptors (Lipinski definition) is 3. The fourth-order valence-electron chi connectivity index (χ4n) is 2.59. The van der Waals surface area contributed by atoms with E-state index in [0.717, 1.165) is 19.3 Å². The predicted octanol–water partition coefficient (Wildman–Crippen LogP) is 4.49. The lowest BCUT2D eigenvalue weighted by molar-refractivity contribution is -0.384. The first-order valence-electron chi connectivity index (χ1n) is 6.21. The molecule has 1 aromatic rings. The summed E-state index contributed by atoms with van der Waals surface area (Å²) in [5, 5.41) is 14.2. The van der Waals surface area contributed by atoms with E-state index in [0.29, 0.717) is 0 Å². The summed E-state index contributed by atoms with van der Waals surface area (Å²) in [5.74, 6) is -0.496. The van der Waals surface area contributed by atoms with E-state index in [1.807, 2.05) is 0 Å². The van der Waals surface area contributed by atoms with Crippen molar-refractivity contribution in [2.75, 3.05) is 5.32 Å². The molecule has 19 heavy (non-hydrogen) atoms. The zero-order valence-corrected chi connectivity index (χ0v) is 12.5. The third kappa shape index (κ3) is 2.88. The molecule has 104 valence electrons. The summed E-state index contributed by atoms with van der Waals surface area (Å²) in [5.41, 5.74) is 0.221. The fraction of sp³-hybridized carbons (Fsp3) is 0.538. The lowest BCUT2D eigenvalue weighted by atomic mass is 9.87. The number of nitro benzene ring substituents is 1. The third-order valence-electron chi connectivity index (χ3n) is 3.82. The number of nitrogens with zero attached hydrogens (tertiary/aromatic N) is 1. The van der Waals surface area contributed by atoms with Gasteiger partial charge in [0.25, 0.3) is 5.69 Å². The zero-order valence-electron chi connectivity index (χ0n) is 10.9. The molecule has 1 aliphatic rings. The van der Waals surface area contributed by atoms with Gasteiger partial charge in [-0.05, 0) is 34.2 Å². The Kier molecular flexibility index (Phi) is 3.80. The number of benzene rings is 1. The second-order valence-electron chi connectivity index (χ2n) is 5.62. The molecule has 6 heteroatoms. The molecule has 1 saturated carbocycles. The number of nitrogens with one attached hydrogen (secondary N) is 1. The molecule has 1 aromatic carbocycles. The number of anilines is 1. The molecule has 4 nitrogen and oxygen atoms in total. The molecule has 0 radical (unpaired) electrons. The molecule has 0 heterocycles. The molecule has 1 atom stereocenters. The highest BCUT2D eigenvalue weighted by molar-refractivity contribution is 9.10. The van der Waals surface area contributed by atoms with Crippen LogP contribution in [0.1, 0.15) is 33.1 Å². The highest BCUT2D eigenvalue weighted by Gasteiger charge is 2.35. The maximum atomic E-state index is 13.6. The van der Waals surface area contributed by atoms with Gasteiger partial charge in [-0.15, -0.1) is 0 Å². The van der Waals surface area contributed by atoms with Crippen molar-refractivity contribution in [3.63, 3.8) is 0 Å². The minimum Gasteiger partial charge on any atom is -0.376 e. The van der Waals surface area contributed by atoms with Crippen molar-refractivity contribution in [3.05, 3.63) is 32.5 Å². The van der Waals surface area contributed by atoms with Crippen molar-refractivity contribution in [3.8, 4) is 0 Å². The highest BCUT2D eigenvalue weighted by Crippen LogP contribution is 2.41. The Labute approximate surface area is 119 Å². The van der Waals surface area contributed by atoms with Crippen molar-refractivity contribution >= 4 is 27.3 Å². The summed E-state index contributed by atoms with van der Waals surface area (Å²) in [6.07, 6.45) is 3.09. The average molecular weight is 331 g/mol. The minimum atomic E-state index is -0.496. The van der Waals surface area contributed by atoms with E-state index in [9.17, 15) is 14.5 Å². The van der Waals surface area contributed by atoms with Crippen LogP contribution in [0.5, 0.6) is 0 Å². The van der Waals surface area contributed by atoms with Crippen LogP contribution in [0.4, 0.5) is 15.8 Å². The van der Waals surface area contributed by atoms with E-state index in [-0.39, 0.29) is 27.3 Å². The summed E-state index contributed by atoms with van der Waals surface area (Å²) >= 11 is 2.98. The standard InChI is InChI=1S/C13H16BrFN2O2/c1-13(2)5-3-4-12(13)16-10-7-9(15)8(14)6-11(10)17(18)19/h6-7,12,16H,3-5H2,1-2H3. The van der Waals surface area contributed by atoms with Crippen LogP contribution in [0.25, 0.3) is 0 Å². The number of halogens is 2. The van der Waals surface area contributed by atoms with E-state index >= 15 is 0 Å². The van der Waals surface area contributed by atoms with Crippen LogP contribution in [0.3, 0.4) is 0 Å². The van der Waals surface area contributed by atoms with Gasteiger partial charge in [0.15, 0.2) is 0 Å². The van der Waals surface area contributed by atoms with Gasteiger partial charge in [0, 0.05) is 18.2 Å². The van der Waals surface area contributed by atoms with E-state index < -0.39 is 10.7 Å². The average Bonchev–Trinajstić information content (AvgIpc) is 2.63. The van der Waals surface area contributed by atoms with Gasteiger partial charge in [-0.3, -0.25) is 10.1 Å². The van der Waals surface area contributed by atoms with Gasteiger partial charge in [-0.2, -0.15) is 0 Å². The Morgan fingerprint density at radius 1 is 1.53 bits per heavy atom. The number of hydrogen-bond donors (Lipinski definition) is 1. The molecular formula is C13H16BrFN2O2. The molecule has 1 aliphatic carbocycles. The Hall–Kier alpha value is -1.17. The first-order chi connectivity index (χ1) is 8.81. The SMILES string of the molecule is CC1(C)CCCC1Nc1cc(F)c(Br)cc1[N+](=O)[O-]. The number of nitro groups is 1. The van der Waals surface area contributed by atoms with E-state index in [1.165, 1.54) is 12.1 Å². The second-order valence-corrected chi connectivity index (χ2v) is 6.47. The minimum absolute atomic E-state index is 0.0669. The van der Waals surface area contributed by atoms with Crippen LogP contribution in [0, 0.1) is 21.3 Å². The molecule has 0 amide bonds. The van der Waals surface area contributed by atoms with Crippen LogP contribution < -0.4 is 5.32 Å². The van der Waals surface area contributed by atoms with Gasteiger partial charge in [0.2, 0.25) is 0 Å². The van der Waals surface area contributed by atoms with Gasteiger partial charge < -0.3 is 5.32 Å². The summed E-state index contributed by atoms with van der Waals surface area (Å²) in [6, 6.07) is 2.53. The molecule has 0 saturated heterocycles. The first kappa shape index (κ1) is 14.2. The summed E-state index contributed by atoms with van der Waals surface area (Å²) < 4.78 is 13.7. The molecule has 0 aromatic heterocycles. The zero-order chi connectivity index (χ0) is 14.2. The molecule has 2 rings (SSSR count). The number of rotatable bonds is 3.